The second kappa shape index (κ2) is 6.65. The fraction of sp³-hybridized carbons (Fsp3) is 0.647. The standard InChI is InChI=1S/C17H26N4O/c1-19-11-12-21(13-15(19)16-18-9-10-20(16)2)17(22)14-7-5-3-4-6-8-14/h7,9-10,15H,3-6,8,11-13H2,1-2H3. The molecular formula is C17H26N4O. The maximum Gasteiger partial charge on any atom is 0.249 e. The van der Waals surface area contributed by atoms with E-state index in [2.05, 4.69) is 27.6 Å². The molecule has 0 bridgehead atoms. The maximum atomic E-state index is 12.8. The molecule has 5 nitrogen and oxygen atoms in total. The maximum absolute atomic E-state index is 12.8. The van der Waals surface area contributed by atoms with Gasteiger partial charge in [-0.25, -0.2) is 4.98 Å². The average molecular weight is 302 g/mol. The van der Waals surface area contributed by atoms with Crippen molar-refractivity contribution in [1.82, 2.24) is 19.4 Å². The van der Waals surface area contributed by atoms with Gasteiger partial charge in [0.15, 0.2) is 0 Å². The highest BCUT2D eigenvalue weighted by atomic mass is 16.2. The number of rotatable bonds is 2. The number of amides is 1. The number of likely N-dealkylation sites (N-methyl/N-ethyl adjacent to an activating group) is 1. The number of hydrogen-bond acceptors (Lipinski definition) is 3. The largest absolute Gasteiger partial charge is 0.337 e. The Hall–Kier alpha value is -1.62. The minimum absolute atomic E-state index is 0.184. The molecule has 0 radical (unpaired) electrons. The number of hydrogen-bond donors (Lipinski definition) is 0. The van der Waals surface area contributed by atoms with Crippen LogP contribution >= 0.6 is 0 Å². The molecule has 1 saturated heterocycles. The summed E-state index contributed by atoms with van der Waals surface area (Å²) in [6, 6.07) is 0.184. The SMILES string of the molecule is CN1CCN(C(=O)C2=CCCCCC2)CC1c1nccn1C. The molecule has 0 spiro atoms. The number of imidazole rings is 1. The first-order valence-electron chi connectivity index (χ1n) is 8.32. The molecule has 22 heavy (non-hydrogen) atoms. The molecule has 1 atom stereocenters. The number of carbonyl (C=O) groups is 1. The number of allylic oxidation sites excluding steroid dienone is 1. The van der Waals surface area contributed by atoms with E-state index in [9.17, 15) is 4.79 Å². The van der Waals surface area contributed by atoms with Gasteiger partial charge in [0, 0.05) is 44.6 Å². The van der Waals surface area contributed by atoms with Gasteiger partial charge in [0.25, 0.3) is 0 Å². The summed E-state index contributed by atoms with van der Waals surface area (Å²) in [7, 11) is 4.14. The molecule has 1 amide bonds. The molecule has 2 aliphatic rings. The van der Waals surface area contributed by atoms with Gasteiger partial charge in [-0.1, -0.05) is 12.5 Å². The van der Waals surface area contributed by atoms with E-state index in [4.69, 9.17) is 0 Å². The highest BCUT2D eigenvalue weighted by Crippen LogP contribution is 2.25. The number of piperazine rings is 1. The van der Waals surface area contributed by atoms with Crippen LogP contribution in [0, 0.1) is 0 Å². The first-order chi connectivity index (χ1) is 10.7. The van der Waals surface area contributed by atoms with Crippen LogP contribution in [0.1, 0.15) is 44.0 Å². The Kier molecular flexibility index (Phi) is 4.62. The summed E-state index contributed by atoms with van der Waals surface area (Å²) in [4.78, 5) is 21.6. The zero-order valence-corrected chi connectivity index (χ0v) is 13.7. The average Bonchev–Trinajstić information content (AvgIpc) is 2.78. The molecule has 0 N–H and O–H groups in total. The normalized spacial score (nSPS) is 24.0. The van der Waals surface area contributed by atoms with Gasteiger partial charge >= 0.3 is 0 Å². The minimum Gasteiger partial charge on any atom is -0.337 e. The van der Waals surface area contributed by atoms with Gasteiger partial charge in [-0.3, -0.25) is 9.69 Å². The summed E-state index contributed by atoms with van der Waals surface area (Å²) in [5.41, 5.74) is 1.03. The fourth-order valence-corrected chi connectivity index (χ4v) is 3.45. The van der Waals surface area contributed by atoms with Crippen LogP contribution in [-0.2, 0) is 11.8 Å². The van der Waals surface area contributed by atoms with Crippen molar-refractivity contribution in [2.24, 2.45) is 7.05 Å². The van der Waals surface area contributed by atoms with E-state index < -0.39 is 0 Å². The molecule has 3 rings (SSSR count). The Morgan fingerprint density at radius 3 is 2.86 bits per heavy atom. The van der Waals surface area contributed by atoms with Crippen LogP contribution in [-0.4, -0.2) is 51.9 Å². The Labute approximate surface area is 132 Å². The van der Waals surface area contributed by atoms with Crippen molar-refractivity contribution in [1.29, 1.82) is 0 Å². The van der Waals surface area contributed by atoms with Crippen LogP contribution < -0.4 is 0 Å². The van der Waals surface area contributed by atoms with E-state index in [1.807, 2.05) is 24.3 Å². The van der Waals surface area contributed by atoms with Crippen LogP contribution in [0.2, 0.25) is 0 Å². The third-order valence-corrected chi connectivity index (χ3v) is 4.91. The second-order valence-corrected chi connectivity index (χ2v) is 6.47. The smallest absolute Gasteiger partial charge is 0.249 e. The van der Waals surface area contributed by atoms with Crippen molar-refractivity contribution in [2.75, 3.05) is 26.7 Å². The van der Waals surface area contributed by atoms with Crippen molar-refractivity contribution in [3.63, 3.8) is 0 Å². The monoisotopic (exact) mass is 302 g/mol. The molecule has 1 aliphatic heterocycles. The zero-order valence-electron chi connectivity index (χ0n) is 13.7. The summed E-state index contributed by atoms with van der Waals surface area (Å²) >= 11 is 0. The Morgan fingerprint density at radius 2 is 2.09 bits per heavy atom. The highest BCUT2D eigenvalue weighted by molar-refractivity contribution is 5.93. The lowest BCUT2D eigenvalue weighted by Crippen LogP contribution is -2.50. The molecule has 2 heterocycles. The van der Waals surface area contributed by atoms with E-state index in [0.29, 0.717) is 0 Å². The van der Waals surface area contributed by atoms with Crippen LogP contribution in [0.15, 0.2) is 24.0 Å². The van der Waals surface area contributed by atoms with Gasteiger partial charge in [-0.2, -0.15) is 0 Å². The summed E-state index contributed by atoms with van der Waals surface area (Å²) in [6.45, 7) is 2.45. The summed E-state index contributed by atoms with van der Waals surface area (Å²) in [5, 5.41) is 0. The number of carbonyl (C=O) groups excluding carboxylic acids is 1. The minimum atomic E-state index is 0.184. The van der Waals surface area contributed by atoms with Gasteiger partial charge in [-0.05, 0) is 32.7 Å². The zero-order chi connectivity index (χ0) is 15.5. The van der Waals surface area contributed by atoms with Crippen molar-refractivity contribution in [2.45, 2.75) is 38.1 Å². The van der Waals surface area contributed by atoms with Gasteiger partial charge in [0.1, 0.15) is 5.82 Å². The quantitative estimate of drug-likeness (QED) is 0.840. The number of aryl methyl sites for hydroxylation is 1. The van der Waals surface area contributed by atoms with Crippen molar-refractivity contribution in [3.05, 3.63) is 29.9 Å². The molecule has 0 saturated carbocycles. The Balaban J connectivity index is 1.74. The molecule has 1 aromatic heterocycles. The number of nitrogens with zero attached hydrogens (tertiary/aromatic N) is 4. The van der Waals surface area contributed by atoms with E-state index in [1.165, 1.54) is 12.8 Å². The first-order valence-corrected chi connectivity index (χ1v) is 8.32. The van der Waals surface area contributed by atoms with Crippen LogP contribution in [0.25, 0.3) is 0 Å². The van der Waals surface area contributed by atoms with Crippen molar-refractivity contribution in [3.8, 4) is 0 Å². The molecule has 1 unspecified atom stereocenters. The van der Waals surface area contributed by atoms with E-state index in [-0.39, 0.29) is 11.9 Å². The molecule has 1 fully saturated rings. The van der Waals surface area contributed by atoms with Crippen LogP contribution in [0.5, 0.6) is 0 Å². The predicted octanol–water partition coefficient (Wildman–Crippen LogP) is 2.13. The highest BCUT2D eigenvalue weighted by Gasteiger charge is 2.31. The van der Waals surface area contributed by atoms with Crippen LogP contribution in [0.4, 0.5) is 0 Å². The molecule has 0 aromatic carbocycles. The van der Waals surface area contributed by atoms with Gasteiger partial charge < -0.3 is 9.47 Å². The Bertz CT molecular complexity index is 563. The Morgan fingerprint density at radius 1 is 1.23 bits per heavy atom. The van der Waals surface area contributed by atoms with Gasteiger partial charge in [-0.15, -0.1) is 0 Å². The molecular weight excluding hydrogens is 276 g/mol. The predicted molar refractivity (Wildman–Crippen MR) is 86.3 cm³/mol. The lowest BCUT2D eigenvalue weighted by atomic mass is 10.1. The van der Waals surface area contributed by atoms with E-state index in [1.54, 1.807) is 0 Å². The van der Waals surface area contributed by atoms with Gasteiger partial charge in [0.2, 0.25) is 5.91 Å². The molecule has 120 valence electrons. The lowest BCUT2D eigenvalue weighted by Gasteiger charge is -2.39. The third kappa shape index (κ3) is 3.09. The summed E-state index contributed by atoms with van der Waals surface area (Å²) < 4.78 is 2.06. The van der Waals surface area contributed by atoms with E-state index in [0.717, 1.165) is 50.3 Å². The first kappa shape index (κ1) is 15.3. The summed E-state index contributed by atoms with van der Waals surface area (Å²) in [5.74, 6) is 1.28. The second-order valence-electron chi connectivity index (χ2n) is 6.47. The number of aromatic nitrogens is 2. The van der Waals surface area contributed by atoms with Crippen LogP contribution in [0.3, 0.4) is 0 Å². The van der Waals surface area contributed by atoms with E-state index >= 15 is 0 Å². The topological polar surface area (TPSA) is 41.4 Å². The van der Waals surface area contributed by atoms with Crippen molar-refractivity contribution < 1.29 is 4.79 Å². The van der Waals surface area contributed by atoms with Gasteiger partial charge in [0.05, 0.1) is 6.04 Å². The lowest BCUT2D eigenvalue weighted by molar-refractivity contribution is -0.130. The molecule has 1 aliphatic carbocycles. The summed E-state index contributed by atoms with van der Waals surface area (Å²) in [6.07, 6.45) is 11.6. The van der Waals surface area contributed by atoms with Crippen molar-refractivity contribution >= 4 is 5.91 Å². The molecule has 5 heteroatoms. The fourth-order valence-electron chi connectivity index (χ4n) is 3.45. The third-order valence-electron chi connectivity index (χ3n) is 4.91. The molecule has 1 aromatic rings.